The van der Waals surface area contributed by atoms with Crippen LogP contribution >= 0.6 is 0 Å². The van der Waals surface area contributed by atoms with Gasteiger partial charge in [0.15, 0.2) is 0 Å². The highest BCUT2D eigenvalue weighted by Crippen LogP contribution is 2.30. The number of hydrogen-bond donors (Lipinski definition) is 2. The molecule has 1 saturated heterocycles. The molecule has 1 aromatic carbocycles. The highest BCUT2D eigenvalue weighted by molar-refractivity contribution is 7.89. The topological polar surface area (TPSA) is 92.9 Å². The van der Waals surface area contributed by atoms with Crippen LogP contribution in [-0.4, -0.2) is 44.1 Å². The van der Waals surface area contributed by atoms with E-state index in [-0.39, 0.29) is 17.2 Å². The number of methoxy groups -OCH3 is 1. The summed E-state index contributed by atoms with van der Waals surface area (Å²) in [5.74, 6) is 0.219. The number of hydrogen-bond acceptors (Lipinski definition) is 5. The normalized spacial score (nSPS) is 21.1. The van der Waals surface area contributed by atoms with Gasteiger partial charge in [0, 0.05) is 24.8 Å². The van der Waals surface area contributed by atoms with Crippen LogP contribution in [0.2, 0.25) is 0 Å². The molecule has 18 heavy (non-hydrogen) atoms. The SMILES string of the molecule is COc1cc(N)ccc1S(=O)(=O)N1CC[C@@H](O)C1. The molecule has 3 N–H and O–H groups in total. The molecule has 0 saturated carbocycles. The van der Waals surface area contributed by atoms with Crippen molar-refractivity contribution in [1.82, 2.24) is 4.31 Å². The Morgan fingerprint density at radius 1 is 1.50 bits per heavy atom. The van der Waals surface area contributed by atoms with Gasteiger partial charge in [0.05, 0.1) is 13.2 Å². The van der Waals surface area contributed by atoms with E-state index in [4.69, 9.17) is 10.5 Å². The minimum atomic E-state index is -3.64. The average Bonchev–Trinajstić information content (AvgIpc) is 2.76. The molecule has 1 aliphatic heterocycles. The van der Waals surface area contributed by atoms with Gasteiger partial charge in [0.2, 0.25) is 10.0 Å². The maximum atomic E-state index is 12.4. The van der Waals surface area contributed by atoms with Crippen LogP contribution in [0.15, 0.2) is 23.1 Å². The Balaban J connectivity index is 2.41. The van der Waals surface area contributed by atoms with Gasteiger partial charge in [0.25, 0.3) is 0 Å². The van der Waals surface area contributed by atoms with Crippen LogP contribution in [0.4, 0.5) is 5.69 Å². The van der Waals surface area contributed by atoms with E-state index in [1.807, 2.05) is 0 Å². The van der Waals surface area contributed by atoms with Crippen molar-refractivity contribution >= 4 is 15.7 Å². The quantitative estimate of drug-likeness (QED) is 0.757. The molecular formula is C11H16N2O4S. The number of aliphatic hydroxyl groups excluding tert-OH is 1. The van der Waals surface area contributed by atoms with Crippen LogP contribution in [0.25, 0.3) is 0 Å². The van der Waals surface area contributed by atoms with Crippen molar-refractivity contribution in [3.63, 3.8) is 0 Å². The summed E-state index contributed by atoms with van der Waals surface area (Å²) in [7, 11) is -2.24. The first-order valence-corrected chi connectivity index (χ1v) is 7.01. The van der Waals surface area contributed by atoms with E-state index >= 15 is 0 Å². The second-order valence-electron chi connectivity index (χ2n) is 4.22. The molecule has 1 fully saturated rings. The molecular weight excluding hydrogens is 256 g/mol. The van der Waals surface area contributed by atoms with Crippen molar-refractivity contribution in [3.8, 4) is 5.75 Å². The molecule has 100 valence electrons. The Morgan fingerprint density at radius 2 is 2.22 bits per heavy atom. The van der Waals surface area contributed by atoms with Crippen molar-refractivity contribution in [2.24, 2.45) is 0 Å². The highest BCUT2D eigenvalue weighted by Gasteiger charge is 2.33. The van der Waals surface area contributed by atoms with Crippen LogP contribution in [0.5, 0.6) is 5.75 Å². The molecule has 1 aliphatic rings. The number of ether oxygens (including phenoxy) is 1. The molecule has 1 aromatic rings. The summed E-state index contributed by atoms with van der Waals surface area (Å²) < 4.78 is 31.0. The molecule has 1 heterocycles. The molecule has 2 rings (SSSR count). The zero-order valence-electron chi connectivity index (χ0n) is 10.0. The number of nitrogens with zero attached hydrogens (tertiary/aromatic N) is 1. The van der Waals surface area contributed by atoms with Gasteiger partial charge in [-0.1, -0.05) is 0 Å². The van der Waals surface area contributed by atoms with Crippen molar-refractivity contribution in [2.45, 2.75) is 17.4 Å². The summed E-state index contributed by atoms with van der Waals surface area (Å²) in [6.07, 6.45) is -0.143. The molecule has 0 aromatic heterocycles. The Labute approximate surface area is 106 Å². The monoisotopic (exact) mass is 272 g/mol. The van der Waals surface area contributed by atoms with Crippen LogP contribution in [-0.2, 0) is 10.0 Å². The number of sulfonamides is 1. The largest absolute Gasteiger partial charge is 0.495 e. The van der Waals surface area contributed by atoms with Crippen molar-refractivity contribution in [1.29, 1.82) is 0 Å². The minimum absolute atomic E-state index is 0.0771. The molecule has 0 bridgehead atoms. The molecule has 0 spiro atoms. The number of anilines is 1. The van der Waals surface area contributed by atoms with Gasteiger partial charge in [-0.05, 0) is 18.6 Å². The Bertz CT molecular complexity index is 544. The summed E-state index contributed by atoms with van der Waals surface area (Å²) in [5.41, 5.74) is 6.03. The third-order valence-electron chi connectivity index (χ3n) is 2.93. The first-order valence-electron chi connectivity index (χ1n) is 5.57. The molecule has 1 atom stereocenters. The van der Waals surface area contributed by atoms with Crippen molar-refractivity contribution < 1.29 is 18.3 Å². The fraction of sp³-hybridized carbons (Fsp3) is 0.455. The number of rotatable bonds is 3. The molecule has 0 aliphatic carbocycles. The first kappa shape index (κ1) is 13.1. The summed E-state index contributed by atoms with van der Waals surface area (Å²) in [6, 6.07) is 4.41. The van der Waals surface area contributed by atoms with Crippen LogP contribution < -0.4 is 10.5 Å². The number of β-amino-alcohol motifs (C(OH)–C–C–N with tert-alkyl or cyclic N) is 1. The maximum Gasteiger partial charge on any atom is 0.246 e. The van der Waals surface area contributed by atoms with Crippen LogP contribution in [0, 0.1) is 0 Å². The standard InChI is InChI=1S/C11H16N2O4S/c1-17-10-6-8(12)2-3-11(10)18(15,16)13-5-4-9(14)7-13/h2-3,6,9,14H,4-5,7,12H2,1H3/t9-/m1/s1. The lowest BCUT2D eigenvalue weighted by Gasteiger charge is -2.17. The smallest absolute Gasteiger partial charge is 0.246 e. The number of nitrogens with two attached hydrogens (primary N) is 1. The second kappa shape index (κ2) is 4.75. The molecule has 0 amide bonds. The molecule has 7 heteroatoms. The summed E-state index contributed by atoms with van der Waals surface area (Å²) in [6.45, 7) is 0.437. The second-order valence-corrected chi connectivity index (χ2v) is 6.12. The predicted octanol–water partition coefficient (Wildman–Crippen LogP) is 0.0327. The summed E-state index contributed by atoms with van der Waals surface area (Å²) in [4.78, 5) is 0.0771. The summed E-state index contributed by atoms with van der Waals surface area (Å²) >= 11 is 0. The van der Waals surface area contributed by atoms with Crippen molar-refractivity contribution in [2.75, 3.05) is 25.9 Å². The lowest BCUT2D eigenvalue weighted by atomic mass is 10.3. The summed E-state index contributed by atoms with van der Waals surface area (Å²) in [5, 5.41) is 9.42. The average molecular weight is 272 g/mol. The van der Waals surface area contributed by atoms with Crippen LogP contribution in [0.1, 0.15) is 6.42 Å². The lowest BCUT2D eigenvalue weighted by molar-refractivity contribution is 0.189. The third-order valence-corrected chi connectivity index (χ3v) is 4.84. The zero-order chi connectivity index (χ0) is 13.3. The van der Waals surface area contributed by atoms with Crippen LogP contribution in [0.3, 0.4) is 0 Å². The molecule has 0 radical (unpaired) electrons. The Hall–Kier alpha value is -1.31. The fourth-order valence-corrected chi connectivity index (χ4v) is 3.59. The maximum absolute atomic E-state index is 12.4. The Kier molecular flexibility index (Phi) is 3.47. The van der Waals surface area contributed by atoms with E-state index in [2.05, 4.69) is 0 Å². The van der Waals surface area contributed by atoms with E-state index in [1.165, 1.54) is 29.6 Å². The van der Waals surface area contributed by atoms with E-state index in [0.717, 1.165) is 0 Å². The van der Waals surface area contributed by atoms with Gasteiger partial charge in [-0.15, -0.1) is 0 Å². The Morgan fingerprint density at radius 3 is 2.78 bits per heavy atom. The van der Waals surface area contributed by atoms with Gasteiger partial charge < -0.3 is 15.6 Å². The zero-order valence-corrected chi connectivity index (χ0v) is 10.9. The van der Waals surface area contributed by atoms with E-state index < -0.39 is 16.1 Å². The molecule has 6 nitrogen and oxygen atoms in total. The third kappa shape index (κ3) is 2.29. The minimum Gasteiger partial charge on any atom is -0.495 e. The fourth-order valence-electron chi connectivity index (χ4n) is 1.97. The van der Waals surface area contributed by atoms with Gasteiger partial charge in [-0.3, -0.25) is 0 Å². The molecule has 0 unspecified atom stereocenters. The van der Waals surface area contributed by atoms with E-state index in [9.17, 15) is 13.5 Å². The van der Waals surface area contributed by atoms with E-state index in [1.54, 1.807) is 0 Å². The predicted molar refractivity (Wildman–Crippen MR) is 66.8 cm³/mol. The van der Waals surface area contributed by atoms with Gasteiger partial charge in [-0.25, -0.2) is 8.42 Å². The number of benzene rings is 1. The van der Waals surface area contributed by atoms with Gasteiger partial charge in [0.1, 0.15) is 10.6 Å². The van der Waals surface area contributed by atoms with Crippen molar-refractivity contribution in [3.05, 3.63) is 18.2 Å². The number of nitrogen functional groups attached to an aromatic ring is 1. The highest BCUT2D eigenvalue weighted by atomic mass is 32.2. The number of aliphatic hydroxyl groups is 1. The van der Waals surface area contributed by atoms with E-state index in [0.29, 0.717) is 18.7 Å². The van der Waals surface area contributed by atoms with Gasteiger partial charge in [-0.2, -0.15) is 4.31 Å². The van der Waals surface area contributed by atoms with Gasteiger partial charge >= 0.3 is 0 Å². The first-order chi connectivity index (χ1) is 8.45. The lowest BCUT2D eigenvalue weighted by Crippen LogP contribution is -2.30.